The van der Waals surface area contributed by atoms with Crippen molar-refractivity contribution in [2.45, 2.75) is 38.9 Å². The molecular weight excluding hydrogens is 348 g/mol. The predicted molar refractivity (Wildman–Crippen MR) is 118 cm³/mol. The molecule has 156 valence electrons. The number of benzene rings is 1. The zero-order chi connectivity index (χ0) is 19.8. The van der Waals surface area contributed by atoms with E-state index in [2.05, 4.69) is 74.5 Å². The zero-order valence-corrected chi connectivity index (χ0v) is 17.9. The van der Waals surface area contributed by atoms with Crippen LogP contribution in [0.3, 0.4) is 0 Å². The van der Waals surface area contributed by atoms with Crippen molar-refractivity contribution >= 4 is 5.96 Å². The van der Waals surface area contributed by atoms with E-state index in [9.17, 15) is 0 Å². The first-order valence-corrected chi connectivity index (χ1v) is 10.9. The topological polar surface area (TPSA) is 46.1 Å². The SMILES string of the molecule is CCN1CCN(CCNC(=NC)NC2CC(C)N(Cc3ccccc3)C2)CC1. The number of nitrogens with one attached hydrogen (secondary N) is 2. The maximum atomic E-state index is 4.44. The molecule has 6 nitrogen and oxygen atoms in total. The molecule has 6 heteroatoms. The van der Waals surface area contributed by atoms with Crippen molar-refractivity contribution < 1.29 is 0 Å². The highest BCUT2D eigenvalue weighted by molar-refractivity contribution is 5.80. The van der Waals surface area contributed by atoms with E-state index in [0.29, 0.717) is 12.1 Å². The summed E-state index contributed by atoms with van der Waals surface area (Å²) < 4.78 is 0. The molecule has 1 aromatic carbocycles. The fourth-order valence-corrected chi connectivity index (χ4v) is 4.29. The van der Waals surface area contributed by atoms with Crippen molar-refractivity contribution in [1.29, 1.82) is 0 Å². The summed E-state index contributed by atoms with van der Waals surface area (Å²) >= 11 is 0. The van der Waals surface area contributed by atoms with Crippen molar-refractivity contribution in [1.82, 2.24) is 25.3 Å². The van der Waals surface area contributed by atoms with Crippen LogP contribution in [0.25, 0.3) is 0 Å². The van der Waals surface area contributed by atoms with Crippen molar-refractivity contribution in [2.24, 2.45) is 4.99 Å². The fourth-order valence-electron chi connectivity index (χ4n) is 4.29. The second kappa shape index (κ2) is 10.8. The van der Waals surface area contributed by atoms with Crippen LogP contribution in [0.4, 0.5) is 0 Å². The Hall–Kier alpha value is -1.63. The van der Waals surface area contributed by atoms with Gasteiger partial charge < -0.3 is 15.5 Å². The molecule has 0 radical (unpaired) electrons. The van der Waals surface area contributed by atoms with Crippen LogP contribution in [0, 0.1) is 0 Å². The molecule has 0 amide bonds. The molecule has 28 heavy (non-hydrogen) atoms. The maximum Gasteiger partial charge on any atom is 0.191 e. The number of guanidine groups is 1. The standard InChI is InChI=1S/C22H38N6/c1-4-26-12-14-27(15-13-26)11-10-24-22(23-3)25-21-16-19(2)28(18-21)17-20-8-6-5-7-9-20/h5-9,19,21H,4,10-18H2,1-3H3,(H2,23,24,25). The summed E-state index contributed by atoms with van der Waals surface area (Å²) in [7, 11) is 1.87. The predicted octanol–water partition coefficient (Wildman–Crippen LogP) is 1.45. The lowest BCUT2D eigenvalue weighted by atomic mass is 10.2. The molecule has 2 heterocycles. The quantitative estimate of drug-likeness (QED) is 0.549. The van der Waals surface area contributed by atoms with Gasteiger partial charge in [-0.25, -0.2) is 0 Å². The van der Waals surface area contributed by atoms with Gasteiger partial charge in [0.15, 0.2) is 5.96 Å². The maximum absolute atomic E-state index is 4.44. The Morgan fingerprint density at radius 3 is 2.50 bits per heavy atom. The summed E-state index contributed by atoms with van der Waals surface area (Å²) in [4.78, 5) is 12.1. The molecular formula is C22H38N6. The van der Waals surface area contributed by atoms with E-state index >= 15 is 0 Å². The zero-order valence-electron chi connectivity index (χ0n) is 17.9. The number of hydrogen-bond acceptors (Lipinski definition) is 4. The number of piperazine rings is 1. The van der Waals surface area contributed by atoms with E-state index in [1.54, 1.807) is 0 Å². The number of likely N-dealkylation sites (N-methyl/N-ethyl adjacent to an activating group) is 1. The van der Waals surface area contributed by atoms with E-state index in [0.717, 1.165) is 38.6 Å². The van der Waals surface area contributed by atoms with Crippen LogP contribution in [0.1, 0.15) is 25.8 Å². The molecule has 2 N–H and O–H groups in total. The number of nitrogens with zero attached hydrogens (tertiary/aromatic N) is 4. The number of hydrogen-bond donors (Lipinski definition) is 2. The Morgan fingerprint density at radius 2 is 1.82 bits per heavy atom. The van der Waals surface area contributed by atoms with Crippen LogP contribution >= 0.6 is 0 Å². The Kier molecular flexibility index (Phi) is 8.13. The van der Waals surface area contributed by atoms with E-state index in [1.165, 1.54) is 38.3 Å². The van der Waals surface area contributed by atoms with E-state index in [-0.39, 0.29) is 0 Å². The second-order valence-corrected chi connectivity index (χ2v) is 8.12. The van der Waals surface area contributed by atoms with Gasteiger partial charge in [0.25, 0.3) is 0 Å². The third-order valence-electron chi connectivity index (χ3n) is 6.13. The van der Waals surface area contributed by atoms with Gasteiger partial charge in [-0.05, 0) is 25.5 Å². The molecule has 0 aliphatic carbocycles. The fraction of sp³-hybridized carbons (Fsp3) is 0.682. The van der Waals surface area contributed by atoms with Gasteiger partial charge in [0.05, 0.1) is 0 Å². The molecule has 2 saturated heterocycles. The normalized spacial score (nSPS) is 25.2. The summed E-state index contributed by atoms with van der Waals surface area (Å²) in [6.45, 7) is 14.6. The molecule has 2 aliphatic rings. The highest BCUT2D eigenvalue weighted by atomic mass is 15.3. The van der Waals surface area contributed by atoms with Gasteiger partial charge in [-0.2, -0.15) is 0 Å². The third-order valence-corrected chi connectivity index (χ3v) is 6.13. The van der Waals surface area contributed by atoms with Crippen LogP contribution in [0.5, 0.6) is 0 Å². The Balaban J connectivity index is 1.38. The van der Waals surface area contributed by atoms with Gasteiger partial charge in [-0.3, -0.25) is 14.8 Å². The minimum Gasteiger partial charge on any atom is -0.355 e. The molecule has 0 spiro atoms. The summed E-state index contributed by atoms with van der Waals surface area (Å²) in [5.41, 5.74) is 1.39. The molecule has 2 atom stereocenters. The van der Waals surface area contributed by atoms with E-state index < -0.39 is 0 Å². The monoisotopic (exact) mass is 386 g/mol. The van der Waals surface area contributed by atoms with Crippen LogP contribution in [0.2, 0.25) is 0 Å². The molecule has 2 unspecified atom stereocenters. The van der Waals surface area contributed by atoms with Crippen LogP contribution in [0.15, 0.2) is 35.3 Å². The average Bonchev–Trinajstić information content (AvgIpc) is 3.07. The summed E-state index contributed by atoms with van der Waals surface area (Å²) in [5.74, 6) is 0.936. The lowest BCUT2D eigenvalue weighted by Gasteiger charge is -2.34. The van der Waals surface area contributed by atoms with Gasteiger partial charge in [-0.1, -0.05) is 37.3 Å². The molecule has 2 aliphatic heterocycles. The van der Waals surface area contributed by atoms with Crippen molar-refractivity contribution in [3.05, 3.63) is 35.9 Å². The Bertz CT molecular complexity index is 596. The van der Waals surface area contributed by atoms with Gasteiger partial charge >= 0.3 is 0 Å². The molecule has 0 aromatic heterocycles. The Labute approximate surface area is 171 Å². The minimum atomic E-state index is 0.456. The van der Waals surface area contributed by atoms with E-state index in [1.807, 2.05) is 7.05 Å². The first-order valence-electron chi connectivity index (χ1n) is 10.9. The van der Waals surface area contributed by atoms with E-state index in [4.69, 9.17) is 0 Å². The summed E-state index contributed by atoms with van der Waals surface area (Å²) in [5, 5.41) is 7.15. The van der Waals surface area contributed by atoms with Crippen LogP contribution in [-0.2, 0) is 6.54 Å². The van der Waals surface area contributed by atoms with Crippen LogP contribution < -0.4 is 10.6 Å². The molecule has 0 saturated carbocycles. The Morgan fingerprint density at radius 1 is 1.11 bits per heavy atom. The average molecular weight is 387 g/mol. The smallest absolute Gasteiger partial charge is 0.191 e. The summed E-state index contributed by atoms with van der Waals surface area (Å²) in [6.07, 6.45) is 1.16. The lowest BCUT2D eigenvalue weighted by molar-refractivity contribution is 0.139. The second-order valence-electron chi connectivity index (χ2n) is 8.12. The first kappa shape index (κ1) is 21.1. The molecule has 2 fully saturated rings. The number of rotatable bonds is 7. The van der Waals surface area contributed by atoms with Crippen molar-refractivity contribution in [3.63, 3.8) is 0 Å². The largest absolute Gasteiger partial charge is 0.355 e. The van der Waals surface area contributed by atoms with Crippen molar-refractivity contribution in [3.8, 4) is 0 Å². The first-order chi connectivity index (χ1) is 13.7. The summed E-state index contributed by atoms with van der Waals surface area (Å²) in [6, 6.07) is 11.8. The van der Waals surface area contributed by atoms with Crippen molar-refractivity contribution in [2.75, 3.05) is 59.4 Å². The van der Waals surface area contributed by atoms with Gasteiger partial charge in [-0.15, -0.1) is 0 Å². The molecule has 0 bridgehead atoms. The minimum absolute atomic E-state index is 0.456. The van der Waals surface area contributed by atoms with Gasteiger partial charge in [0, 0.05) is 71.5 Å². The molecule has 3 rings (SSSR count). The highest BCUT2D eigenvalue weighted by Gasteiger charge is 2.29. The number of likely N-dealkylation sites (tertiary alicyclic amines) is 1. The van der Waals surface area contributed by atoms with Gasteiger partial charge in [0.1, 0.15) is 0 Å². The number of aliphatic imine (C=N–C) groups is 1. The third kappa shape index (κ3) is 6.19. The lowest BCUT2D eigenvalue weighted by Crippen LogP contribution is -2.50. The van der Waals surface area contributed by atoms with Crippen LogP contribution in [-0.4, -0.2) is 92.1 Å². The molecule has 1 aromatic rings. The van der Waals surface area contributed by atoms with Gasteiger partial charge in [0.2, 0.25) is 0 Å². The highest BCUT2D eigenvalue weighted by Crippen LogP contribution is 2.20.